The number of anilines is 1. The van der Waals surface area contributed by atoms with E-state index in [1.165, 1.54) is 5.32 Å². The van der Waals surface area contributed by atoms with E-state index in [1.54, 1.807) is 0 Å². The number of hydrogen-bond donors (Lipinski definition) is 2. The van der Waals surface area contributed by atoms with Crippen molar-refractivity contribution in [3.8, 4) is 0 Å². The Kier molecular flexibility index (Phi) is 4.74. The van der Waals surface area contributed by atoms with Gasteiger partial charge in [0, 0.05) is 6.20 Å². The molecular formula is C10H5F6N3O3. The summed E-state index contributed by atoms with van der Waals surface area (Å²) < 4.78 is 71.6. The predicted octanol–water partition coefficient (Wildman–Crippen LogP) is 1.40. The molecule has 1 heterocycles. The summed E-state index contributed by atoms with van der Waals surface area (Å²) in [5.41, 5.74) is -0.525. The predicted molar refractivity (Wildman–Crippen MR) is 57.4 cm³/mol. The zero-order valence-corrected chi connectivity index (χ0v) is 10.2. The van der Waals surface area contributed by atoms with Crippen molar-refractivity contribution in [1.29, 1.82) is 0 Å². The first kappa shape index (κ1) is 17.4. The van der Waals surface area contributed by atoms with Crippen LogP contribution in [0.4, 0.5) is 32.2 Å². The minimum atomic E-state index is -5.27. The fourth-order valence-electron chi connectivity index (χ4n) is 1.04. The van der Waals surface area contributed by atoms with Crippen LogP contribution in [0.5, 0.6) is 0 Å². The Bertz CT molecular complexity index is 593. The molecule has 0 aliphatic heterocycles. The number of halogens is 6. The van der Waals surface area contributed by atoms with E-state index >= 15 is 0 Å². The van der Waals surface area contributed by atoms with Gasteiger partial charge in [0.25, 0.3) is 5.91 Å². The van der Waals surface area contributed by atoms with E-state index in [-0.39, 0.29) is 0 Å². The van der Waals surface area contributed by atoms with Crippen LogP contribution in [-0.2, 0) is 9.59 Å². The van der Waals surface area contributed by atoms with E-state index in [9.17, 15) is 40.7 Å². The van der Waals surface area contributed by atoms with E-state index in [0.717, 1.165) is 17.4 Å². The molecule has 1 rings (SSSR count). The minimum Gasteiger partial charge on any atom is -0.303 e. The third-order valence-electron chi connectivity index (χ3n) is 2.01. The highest BCUT2D eigenvalue weighted by Crippen LogP contribution is 2.17. The standard InChI is InChI=1S/C10H5F6N3O3/c11-9(12,13)7(21)18-5-2-1-4(3-17-5)6(20)19-8(22)10(14,15)16/h1-3H,(H,17,18,21)(H,19,20,22). The van der Waals surface area contributed by atoms with Gasteiger partial charge in [-0.1, -0.05) is 0 Å². The summed E-state index contributed by atoms with van der Waals surface area (Å²) in [6.07, 6.45) is -9.84. The molecule has 0 bridgehead atoms. The van der Waals surface area contributed by atoms with Gasteiger partial charge >= 0.3 is 24.2 Å². The molecule has 0 fully saturated rings. The molecule has 0 aliphatic rings. The Hall–Kier alpha value is -2.66. The van der Waals surface area contributed by atoms with Crippen molar-refractivity contribution in [2.75, 3.05) is 5.32 Å². The number of nitrogens with one attached hydrogen (secondary N) is 2. The highest BCUT2D eigenvalue weighted by Gasteiger charge is 2.40. The van der Waals surface area contributed by atoms with Crippen molar-refractivity contribution in [1.82, 2.24) is 10.3 Å². The van der Waals surface area contributed by atoms with Gasteiger partial charge in [-0.05, 0) is 12.1 Å². The number of nitrogens with zero attached hydrogens (tertiary/aromatic N) is 1. The summed E-state index contributed by atoms with van der Waals surface area (Å²) in [5, 5.41) is 2.37. The Morgan fingerprint density at radius 3 is 1.86 bits per heavy atom. The maximum Gasteiger partial charge on any atom is 0.471 e. The number of aromatic nitrogens is 1. The van der Waals surface area contributed by atoms with Gasteiger partial charge in [-0.2, -0.15) is 26.3 Å². The third kappa shape index (κ3) is 4.71. The molecule has 1 aromatic heterocycles. The van der Waals surface area contributed by atoms with E-state index in [4.69, 9.17) is 0 Å². The van der Waals surface area contributed by atoms with E-state index < -0.39 is 41.5 Å². The molecule has 0 spiro atoms. The number of alkyl halides is 6. The van der Waals surface area contributed by atoms with Crippen molar-refractivity contribution in [3.05, 3.63) is 23.9 Å². The quantitative estimate of drug-likeness (QED) is 0.803. The van der Waals surface area contributed by atoms with Crippen molar-refractivity contribution in [2.24, 2.45) is 0 Å². The molecule has 0 radical (unpaired) electrons. The van der Waals surface area contributed by atoms with Gasteiger partial charge in [-0.15, -0.1) is 0 Å². The largest absolute Gasteiger partial charge is 0.471 e. The van der Waals surface area contributed by atoms with Crippen LogP contribution in [0.15, 0.2) is 18.3 Å². The molecule has 0 atom stereocenters. The normalized spacial score (nSPS) is 11.7. The Morgan fingerprint density at radius 1 is 0.909 bits per heavy atom. The summed E-state index contributed by atoms with van der Waals surface area (Å²) in [4.78, 5) is 35.6. The van der Waals surface area contributed by atoms with Gasteiger partial charge in [-0.3, -0.25) is 19.7 Å². The number of hydrogen-bond acceptors (Lipinski definition) is 4. The van der Waals surface area contributed by atoms with E-state index in [1.807, 2.05) is 0 Å². The highest BCUT2D eigenvalue weighted by molar-refractivity contribution is 6.06. The molecule has 1 aromatic rings. The molecule has 0 aliphatic carbocycles. The Labute approximate surface area is 117 Å². The molecule has 0 saturated carbocycles. The molecule has 0 saturated heterocycles. The summed E-state index contributed by atoms with van der Waals surface area (Å²) in [7, 11) is 0. The second-order valence-electron chi connectivity index (χ2n) is 3.67. The molecule has 2 N–H and O–H groups in total. The number of imide groups is 1. The number of pyridine rings is 1. The van der Waals surface area contributed by atoms with Crippen LogP contribution >= 0.6 is 0 Å². The van der Waals surface area contributed by atoms with Crippen molar-refractivity contribution >= 4 is 23.5 Å². The minimum absolute atomic E-state index is 0.525. The summed E-state index contributed by atoms with van der Waals surface area (Å²) in [6.45, 7) is 0. The lowest BCUT2D eigenvalue weighted by Gasteiger charge is -2.08. The average Bonchev–Trinajstić information content (AvgIpc) is 2.37. The fourth-order valence-corrected chi connectivity index (χ4v) is 1.04. The molecule has 3 amide bonds. The highest BCUT2D eigenvalue weighted by atomic mass is 19.4. The van der Waals surface area contributed by atoms with Crippen molar-refractivity contribution in [3.63, 3.8) is 0 Å². The van der Waals surface area contributed by atoms with Crippen molar-refractivity contribution < 1.29 is 40.7 Å². The summed E-state index contributed by atoms with van der Waals surface area (Å²) in [6, 6.07) is 1.52. The molecule has 12 heteroatoms. The van der Waals surface area contributed by atoms with Crippen LogP contribution in [0, 0.1) is 0 Å². The number of rotatable bonds is 2. The summed E-state index contributed by atoms with van der Waals surface area (Å²) in [5.74, 6) is -6.86. The first-order valence-electron chi connectivity index (χ1n) is 5.18. The third-order valence-corrected chi connectivity index (χ3v) is 2.01. The SMILES string of the molecule is O=C(NC(=O)C(F)(F)F)c1ccc(NC(=O)C(F)(F)F)nc1. The molecule has 120 valence electrons. The van der Waals surface area contributed by atoms with Crippen LogP contribution in [0.25, 0.3) is 0 Å². The van der Waals surface area contributed by atoms with Crippen LogP contribution in [0.1, 0.15) is 10.4 Å². The Morgan fingerprint density at radius 2 is 1.45 bits per heavy atom. The smallest absolute Gasteiger partial charge is 0.303 e. The lowest BCUT2D eigenvalue weighted by molar-refractivity contribution is -0.172. The lowest BCUT2D eigenvalue weighted by Crippen LogP contribution is -2.40. The van der Waals surface area contributed by atoms with Gasteiger partial charge in [-0.25, -0.2) is 4.98 Å². The summed E-state index contributed by atoms with van der Waals surface area (Å²) >= 11 is 0. The second kappa shape index (κ2) is 5.99. The number of carbonyl (C=O) groups is 3. The zero-order valence-electron chi connectivity index (χ0n) is 10.2. The molecule has 0 aromatic carbocycles. The van der Waals surface area contributed by atoms with Gasteiger partial charge in [0.05, 0.1) is 5.56 Å². The average molecular weight is 329 g/mol. The first-order valence-corrected chi connectivity index (χ1v) is 5.18. The van der Waals surface area contributed by atoms with Crippen LogP contribution in [-0.4, -0.2) is 35.1 Å². The molecule has 22 heavy (non-hydrogen) atoms. The van der Waals surface area contributed by atoms with Gasteiger partial charge in [0.1, 0.15) is 5.82 Å². The van der Waals surface area contributed by atoms with Crippen LogP contribution < -0.4 is 10.6 Å². The molecule has 6 nitrogen and oxygen atoms in total. The molecule has 0 unspecified atom stereocenters. The van der Waals surface area contributed by atoms with Crippen LogP contribution in [0.2, 0.25) is 0 Å². The Balaban J connectivity index is 2.75. The topological polar surface area (TPSA) is 88.2 Å². The zero-order chi connectivity index (χ0) is 17.1. The second-order valence-corrected chi connectivity index (χ2v) is 3.67. The first-order chi connectivity index (χ1) is 9.91. The molecular weight excluding hydrogens is 324 g/mol. The van der Waals surface area contributed by atoms with Gasteiger partial charge in [0.15, 0.2) is 0 Å². The van der Waals surface area contributed by atoms with Crippen molar-refractivity contribution in [2.45, 2.75) is 12.4 Å². The van der Waals surface area contributed by atoms with Gasteiger partial charge in [0.2, 0.25) is 0 Å². The van der Waals surface area contributed by atoms with Crippen LogP contribution in [0.3, 0.4) is 0 Å². The fraction of sp³-hybridized carbons (Fsp3) is 0.200. The maximum absolute atomic E-state index is 11.9. The van der Waals surface area contributed by atoms with E-state index in [2.05, 4.69) is 4.98 Å². The lowest BCUT2D eigenvalue weighted by atomic mass is 10.2. The maximum atomic E-state index is 11.9. The number of carbonyl (C=O) groups excluding carboxylic acids is 3. The van der Waals surface area contributed by atoms with E-state index in [0.29, 0.717) is 6.20 Å². The number of amides is 3. The monoisotopic (exact) mass is 329 g/mol. The van der Waals surface area contributed by atoms with Gasteiger partial charge < -0.3 is 5.32 Å².